The quantitative estimate of drug-likeness (QED) is 0.642. The summed E-state index contributed by atoms with van der Waals surface area (Å²) in [5, 5.41) is 1.75. The van der Waals surface area contributed by atoms with E-state index in [1.165, 1.54) is 23.5 Å². The molecule has 3 rings (SSSR count). The lowest BCUT2D eigenvalue weighted by Crippen LogP contribution is -2.36. The lowest BCUT2D eigenvalue weighted by atomic mass is 10.1. The number of nitrogens with zero attached hydrogens (tertiary/aromatic N) is 1. The molecule has 0 saturated carbocycles. The number of anilines is 1. The van der Waals surface area contributed by atoms with E-state index < -0.39 is 15.9 Å². The van der Waals surface area contributed by atoms with Crippen LogP contribution in [-0.2, 0) is 16.4 Å². The highest BCUT2D eigenvalue weighted by Crippen LogP contribution is 2.28. The molecule has 0 aliphatic rings. The lowest BCUT2D eigenvalue weighted by Gasteiger charge is -2.22. The Morgan fingerprint density at radius 2 is 1.65 bits per heavy atom. The van der Waals surface area contributed by atoms with Gasteiger partial charge in [0.2, 0.25) is 0 Å². The van der Waals surface area contributed by atoms with Crippen LogP contribution < -0.4 is 4.31 Å². The maximum Gasteiger partial charge on any atom is 0.282 e. The molecule has 2 aromatic carbocycles. The van der Waals surface area contributed by atoms with Crippen molar-refractivity contribution in [3.8, 4) is 0 Å². The Hall–Kier alpha value is -2.44. The van der Waals surface area contributed by atoms with Gasteiger partial charge in [0.15, 0.2) is 0 Å². The molecule has 0 spiro atoms. The Morgan fingerprint density at radius 1 is 1.00 bits per heavy atom. The highest BCUT2D eigenvalue weighted by atomic mass is 32.2. The second-order valence-electron chi connectivity index (χ2n) is 5.88. The van der Waals surface area contributed by atoms with E-state index in [9.17, 15) is 13.2 Å². The summed E-state index contributed by atoms with van der Waals surface area (Å²) >= 11 is 1.22. The number of benzene rings is 2. The van der Waals surface area contributed by atoms with Crippen molar-refractivity contribution in [2.45, 2.75) is 25.2 Å². The molecule has 0 N–H and O–H groups in total. The van der Waals surface area contributed by atoms with Crippen LogP contribution in [0.15, 0.2) is 70.9 Å². The molecule has 0 bridgehead atoms. The van der Waals surface area contributed by atoms with E-state index in [4.69, 9.17) is 0 Å². The van der Waals surface area contributed by atoms with Gasteiger partial charge < -0.3 is 0 Å². The van der Waals surface area contributed by atoms with Crippen molar-refractivity contribution in [3.63, 3.8) is 0 Å². The van der Waals surface area contributed by atoms with Crippen molar-refractivity contribution in [1.29, 1.82) is 0 Å². The summed E-state index contributed by atoms with van der Waals surface area (Å²) < 4.78 is 27.4. The van der Waals surface area contributed by atoms with E-state index in [1.54, 1.807) is 41.8 Å². The first-order valence-corrected chi connectivity index (χ1v) is 10.5. The maximum atomic E-state index is 13.2. The molecule has 1 aromatic heterocycles. The topological polar surface area (TPSA) is 54.5 Å². The number of sulfonamides is 1. The first-order valence-electron chi connectivity index (χ1n) is 8.22. The maximum absolute atomic E-state index is 13.2. The van der Waals surface area contributed by atoms with E-state index in [2.05, 4.69) is 0 Å². The molecule has 0 unspecified atom stereocenters. The van der Waals surface area contributed by atoms with E-state index in [1.807, 2.05) is 26.0 Å². The fraction of sp³-hybridized carbons (Fsp3) is 0.150. The van der Waals surface area contributed by atoms with Crippen molar-refractivity contribution in [1.82, 2.24) is 0 Å². The molecule has 0 radical (unpaired) electrons. The van der Waals surface area contributed by atoms with Gasteiger partial charge in [-0.05, 0) is 54.6 Å². The van der Waals surface area contributed by atoms with Gasteiger partial charge in [0.05, 0.1) is 15.5 Å². The molecule has 1 amide bonds. The highest BCUT2D eigenvalue weighted by Gasteiger charge is 2.32. The Labute approximate surface area is 157 Å². The highest BCUT2D eigenvalue weighted by molar-refractivity contribution is 7.93. The summed E-state index contributed by atoms with van der Waals surface area (Å²) in [6.07, 6.45) is 0.837. The largest absolute Gasteiger partial charge is 0.282 e. The Morgan fingerprint density at radius 3 is 2.19 bits per heavy atom. The van der Waals surface area contributed by atoms with Gasteiger partial charge in [0, 0.05) is 0 Å². The Balaban J connectivity index is 2.13. The first kappa shape index (κ1) is 18.4. The fourth-order valence-electron chi connectivity index (χ4n) is 2.55. The van der Waals surface area contributed by atoms with Crippen LogP contribution in [0, 0.1) is 6.92 Å². The van der Waals surface area contributed by atoms with Gasteiger partial charge in [-0.15, -0.1) is 11.3 Å². The summed E-state index contributed by atoms with van der Waals surface area (Å²) in [6, 6.07) is 16.9. The zero-order valence-corrected chi connectivity index (χ0v) is 16.2. The molecule has 3 aromatic rings. The number of thiophene rings is 1. The van der Waals surface area contributed by atoms with E-state index in [-0.39, 0.29) is 4.90 Å². The van der Waals surface area contributed by atoms with E-state index >= 15 is 0 Å². The van der Waals surface area contributed by atoms with Crippen LogP contribution >= 0.6 is 11.3 Å². The molecule has 0 fully saturated rings. The van der Waals surface area contributed by atoms with Gasteiger partial charge in [-0.2, -0.15) is 4.31 Å². The van der Waals surface area contributed by atoms with Gasteiger partial charge in [0.1, 0.15) is 0 Å². The number of rotatable bonds is 5. The average molecular weight is 386 g/mol. The third kappa shape index (κ3) is 3.57. The van der Waals surface area contributed by atoms with Gasteiger partial charge in [-0.1, -0.05) is 42.8 Å². The monoisotopic (exact) mass is 385 g/mol. The predicted molar refractivity (Wildman–Crippen MR) is 105 cm³/mol. The van der Waals surface area contributed by atoms with E-state index in [0.29, 0.717) is 10.6 Å². The number of aryl methyl sites for hydroxylation is 2. The van der Waals surface area contributed by atoms with Crippen LogP contribution in [0.5, 0.6) is 0 Å². The van der Waals surface area contributed by atoms with Gasteiger partial charge >= 0.3 is 0 Å². The normalized spacial score (nSPS) is 11.3. The van der Waals surface area contributed by atoms with Crippen LogP contribution in [0.2, 0.25) is 0 Å². The third-order valence-electron chi connectivity index (χ3n) is 4.05. The van der Waals surface area contributed by atoms with Crippen LogP contribution in [0.3, 0.4) is 0 Å². The molecule has 1 heterocycles. The molecule has 0 atom stereocenters. The summed E-state index contributed by atoms with van der Waals surface area (Å²) in [5.41, 5.74) is 2.36. The second kappa shape index (κ2) is 7.43. The molecular formula is C20H19NO3S2. The number of carbonyl (C=O) groups is 1. The van der Waals surface area contributed by atoms with Crippen molar-refractivity contribution in [3.05, 3.63) is 82.0 Å². The van der Waals surface area contributed by atoms with Crippen molar-refractivity contribution in [2.24, 2.45) is 0 Å². The van der Waals surface area contributed by atoms with Gasteiger partial charge in [-0.3, -0.25) is 4.79 Å². The minimum Gasteiger partial charge on any atom is -0.267 e. The number of hydrogen-bond acceptors (Lipinski definition) is 4. The van der Waals surface area contributed by atoms with Crippen molar-refractivity contribution < 1.29 is 13.2 Å². The molecule has 6 heteroatoms. The Bertz CT molecular complexity index is 990. The van der Waals surface area contributed by atoms with Crippen molar-refractivity contribution >= 4 is 33.0 Å². The molecule has 0 aliphatic heterocycles. The van der Waals surface area contributed by atoms with E-state index in [0.717, 1.165) is 21.9 Å². The van der Waals surface area contributed by atoms with Crippen LogP contribution in [-0.4, -0.2) is 14.3 Å². The molecule has 0 aliphatic carbocycles. The minimum absolute atomic E-state index is 0.0903. The molecular weight excluding hydrogens is 366 g/mol. The SMILES string of the molecule is CCc1ccc(N(C(=O)c2cccs2)S(=O)(=O)c2ccc(C)cc2)cc1. The lowest BCUT2D eigenvalue weighted by molar-refractivity contribution is 0.101. The summed E-state index contributed by atoms with van der Waals surface area (Å²) in [4.78, 5) is 13.5. The first-order chi connectivity index (χ1) is 12.4. The molecule has 26 heavy (non-hydrogen) atoms. The average Bonchev–Trinajstić information content (AvgIpc) is 3.17. The van der Waals surface area contributed by atoms with Crippen molar-refractivity contribution in [2.75, 3.05) is 4.31 Å². The summed E-state index contributed by atoms with van der Waals surface area (Å²) in [7, 11) is -4.03. The standard InChI is InChI=1S/C20H19NO3S2/c1-3-16-8-10-17(11-9-16)21(20(22)19-5-4-14-25-19)26(23,24)18-12-6-15(2)7-13-18/h4-14H,3H2,1-2H3. The third-order valence-corrected chi connectivity index (χ3v) is 6.64. The minimum atomic E-state index is -4.03. The number of hydrogen-bond donors (Lipinski definition) is 0. The van der Waals surface area contributed by atoms with Crippen LogP contribution in [0.1, 0.15) is 27.7 Å². The Kier molecular flexibility index (Phi) is 5.25. The fourth-order valence-corrected chi connectivity index (χ4v) is 4.67. The second-order valence-corrected chi connectivity index (χ2v) is 8.62. The zero-order valence-electron chi connectivity index (χ0n) is 14.5. The predicted octanol–water partition coefficient (Wildman–Crippen LogP) is 4.65. The zero-order chi connectivity index (χ0) is 18.7. The molecule has 0 saturated heterocycles. The molecule has 4 nitrogen and oxygen atoms in total. The number of amides is 1. The van der Waals surface area contributed by atoms with Gasteiger partial charge in [-0.25, -0.2) is 8.42 Å². The molecule has 134 valence electrons. The summed E-state index contributed by atoms with van der Waals surface area (Å²) in [5.74, 6) is -0.551. The number of carbonyl (C=O) groups excluding carboxylic acids is 1. The van der Waals surface area contributed by atoms with Gasteiger partial charge in [0.25, 0.3) is 15.9 Å². The van der Waals surface area contributed by atoms with Crippen LogP contribution in [0.25, 0.3) is 0 Å². The summed E-state index contributed by atoms with van der Waals surface area (Å²) in [6.45, 7) is 3.90. The smallest absolute Gasteiger partial charge is 0.267 e. The van der Waals surface area contributed by atoms with Crippen LogP contribution in [0.4, 0.5) is 5.69 Å².